The molecule has 100 valence electrons. The van der Waals surface area contributed by atoms with Crippen molar-refractivity contribution in [2.75, 3.05) is 7.11 Å². The largest absolute Gasteiger partial charge is 0.466 e. The van der Waals surface area contributed by atoms with Crippen LogP contribution in [0.15, 0.2) is 24.3 Å². The molecule has 0 saturated heterocycles. The summed E-state index contributed by atoms with van der Waals surface area (Å²) < 4.78 is 6.26. The van der Waals surface area contributed by atoms with Gasteiger partial charge in [-0.25, -0.2) is 0 Å². The van der Waals surface area contributed by atoms with E-state index < -0.39 is 0 Å². The first-order valence-electron chi connectivity index (χ1n) is 5.96. The second-order valence-electron chi connectivity index (χ2n) is 3.99. The number of hydrogen-bond acceptors (Lipinski definition) is 4. The van der Waals surface area contributed by atoms with Crippen molar-refractivity contribution in [1.82, 2.24) is 14.8 Å². The van der Waals surface area contributed by atoms with E-state index in [0.717, 1.165) is 12.0 Å². The van der Waals surface area contributed by atoms with Crippen LogP contribution in [0.5, 0.6) is 6.01 Å². The fourth-order valence-electron chi connectivity index (χ4n) is 1.69. The number of rotatable bonds is 4. The topological polar surface area (TPSA) is 57.0 Å². The molecule has 2 rings (SSSR count). The van der Waals surface area contributed by atoms with Gasteiger partial charge in [-0.3, -0.25) is 4.79 Å². The summed E-state index contributed by atoms with van der Waals surface area (Å²) >= 11 is 5.95. The number of nitrogens with zero attached hydrogens (tertiary/aromatic N) is 3. The third-order valence-corrected chi connectivity index (χ3v) is 2.79. The zero-order valence-electron chi connectivity index (χ0n) is 10.8. The smallest absolute Gasteiger partial charge is 0.336 e. The molecule has 0 atom stereocenters. The molecule has 1 aromatic carbocycles. The number of carbonyl (C=O) groups excluding carboxylic acids is 1. The molecule has 0 radical (unpaired) electrons. The number of benzene rings is 1. The van der Waals surface area contributed by atoms with Crippen molar-refractivity contribution < 1.29 is 9.53 Å². The third kappa shape index (κ3) is 2.93. The predicted octanol–water partition coefficient (Wildman–Crippen LogP) is 3.05. The lowest BCUT2D eigenvalue weighted by molar-refractivity contribution is 0.0886. The molecule has 0 fully saturated rings. The van der Waals surface area contributed by atoms with Crippen molar-refractivity contribution in [2.24, 2.45) is 0 Å². The van der Waals surface area contributed by atoms with Gasteiger partial charge in [-0.2, -0.15) is 9.67 Å². The fraction of sp³-hybridized carbons (Fsp3) is 0.308. The van der Waals surface area contributed by atoms with Gasteiger partial charge in [0.2, 0.25) is 5.91 Å². The Kier molecular flexibility index (Phi) is 4.16. The second kappa shape index (κ2) is 5.84. The highest BCUT2D eigenvalue weighted by Crippen LogP contribution is 2.23. The highest BCUT2D eigenvalue weighted by molar-refractivity contribution is 6.30. The van der Waals surface area contributed by atoms with Crippen molar-refractivity contribution >= 4 is 17.5 Å². The molecular formula is C13H14ClN3O2. The lowest BCUT2D eigenvalue weighted by Crippen LogP contribution is -2.13. The molecule has 0 aliphatic rings. The summed E-state index contributed by atoms with van der Waals surface area (Å²) in [6.45, 7) is 1.94. The highest BCUT2D eigenvalue weighted by atomic mass is 35.5. The number of hydrogen-bond donors (Lipinski definition) is 0. The van der Waals surface area contributed by atoms with Crippen LogP contribution in [0, 0.1) is 0 Å². The molecule has 1 heterocycles. The molecule has 0 aliphatic heterocycles. The maximum Gasteiger partial charge on any atom is 0.336 e. The van der Waals surface area contributed by atoms with E-state index in [4.69, 9.17) is 16.3 Å². The van der Waals surface area contributed by atoms with Crippen LogP contribution in [0.1, 0.15) is 24.6 Å². The van der Waals surface area contributed by atoms with Gasteiger partial charge in [0.25, 0.3) is 0 Å². The molecule has 5 nitrogen and oxygen atoms in total. The molecule has 1 aromatic heterocycles. The standard InChI is InChI=1S/C13H14ClN3O2/c1-3-5-11(18)17-12(15-13(16-17)19-2)9-6-4-7-10(14)8-9/h4,6-8H,3,5H2,1-2H3. The van der Waals surface area contributed by atoms with Crippen molar-refractivity contribution in [3.63, 3.8) is 0 Å². The summed E-state index contributed by atoms with van der Waals surface area (Å²) in [7, 11) is 1.46. The van der Waals surface area contributed by atoms with E-state index in [-0.39, 0.29) is 11.9 Å². The average molecular weight is 280 g/mol. The fourth-order valence-corrected chi connectivity index (χ4v) is 1.88. The van der Waals surface area contributed by atoms with E-state index in [1.54, 1.807) is 18.2 Å². The lowest BCUT2D eigenvalue weighted by Gasteiger charge is -2.03. The summed E-state index contributed by atoms with van der Waals surface area (Å²) in [6.07, 6.45) is 1.15. The number of carbonyl (C=O) groups is 1. The molecule has 0 N–H and O–H groups in total. The van der Waals surface area contributed by atoms with Crippen LogP contribution in [-0.2, 0) is 0 Å². The van der Waals surface area contributed by atoms with Crippen LogP contribution in [0.2, 0.25) is 5.02 Å². The summed E-state index contributed by atoms with van der Waals surface area (Å²) in [4.78, 5) is 16.2. The first kappa shape index (κ1) is 13.5. The van der Waals surface area contributed by atoms with Gasteiger partial charge in [-0.1, -0.05) is 30.7 Å². The minimum atomic E-state index is -0.117. The van der Waals surface area contributed by atoms with Gasteiger partial charge >= 0.3 is 6.01 Å². The van der Waals surface area contributed by atoms with E-state index in [9.17, 15) is 4.79 Å². The summed E-state index contributed by atoms with van der Waals surface area (Å²) in [5.74, 6) is 0.325. The molecule has 0 saturated carbocycles. The Morgan fingerprint density at radius 2 is 2.26 bits per heavy atom. The van der Waals surface area contributed by atoms with Crippen LogP contribution >= 0.6 is 11.6 Å². The predicted molar refractivity (Wildman–Crippen MR) is 72.6 cm³/mol. The molecular weight excluding hydrogens is 266 g/mol. The molecule has 6 heteroatoms. The van der Waals surface area contributed by atoms with Crippen molar-refractivity contribution in [3.05, 3.63) is 29.3 Å². The number of halogens is 1. The molecule has 19 heavy (non-hydrogen) atoms. The first-order chi connectivity index (χ1) is 9.15. The quantitative estimate of drug-likeness (QED) is 0.863. The number of ether oxygens (including phenoxy) is 1. The Bertz CT molecular complexity index is 595. The van der Waals surface area contributed by atoms with Gasteiger partial charge in [-0.05, 0) is 18.6 Å². The van der Waals surface area contributed by atoms with Crippen LogP contribution in [0.3, 0.4) is 0 Å². The Morgan fingerprint density at radius 3 is 2.89 bits per heavy atom. The SMILES string of the molecule is CCCC(=O)n1nc(OC)nc1-c1cccc(Cl)c1. The Morgan fingerprint density at radius 1 is 1.47 bits per heavy atom. The van der Waals surface area contributed by atoms with Crippen molar-refractivity contribution in [1.29, 1.82) is 0 Å². The van der Waals surface area contributed by atoms with Crippen LogP contribution in [0.4, 0.5) is 0 Å². The average Bonchev–Trinajstić information content (AvgIpc) is 2.83. The maximum absolute atomic E-state index is 12.0. The normalized spacial score (nSPS) is 10.5. The zero-order chi connectivity index (χ0) is 13.8. The van der Waals surface area contributed by atoms with Crippen LogP contribution < -0.4 is 4.74 Å². The summed E-state index contributed by atoms with van der Waals surface area (Å²) in [6, 6.07) is 7.29. The van der Waals surface area contributed by atoms with Crippen molar-refractivity contribution in [3.8, 4) is 17.4 Å². The monoisotopic (exact) mass is 279 g/mol. The Hall–Kier alpha value is -1.88. The van der Waals surface area contributed by atoms with Gasteiger partial charge in [0.1, 0.15) is 0 Å². The maximum atomic E-state index is 12.0. The molecule has 0 aliphatic carbocycles. The Labute approximate surface area is 116 Å². The lowest BCUT2D eigenvalue weighted by atomic mass is 10.2. The van der Waals surface area contributed by atoms with Gasteiger partial charge < -0.3 is 4.74 Å². The minimum absolute atomic E-state index is 0.117. The highest BCUT2D eigenvalue weighted by Gasteiger charge is 2.17. The summed E-state index contributed by atoms with van der Waals surface area (Å²) in [5.41, 5.74) is 0.729. The zero-order valence-corrected chi connectivity index (χ0v) is 11.5. The van der Waals surface area contributed by atoms with E-state index in [0.29, 0.717) is 17.3 Å². The summed E-state index contributed by atoms with van der Waals surface area (Å²) in [5, 5.41) is 4.62. The van der Waals surface area contributed by atoms with Gasteiger partial charge in [0.05, 0.1) is 7.11 Å². The second-order valence-corrected chi connectivity index (χ2v) is 4.42. The van der Waals surface area contributed by atoms with E-state index in [1.165, 1.54) is 11.8 Å². The van der Waals surface area contributed by atoms with Gasteiger partial charge in [0.15, 0.2) is 5.82 Å². The minimum Gasteiger partial charge on any atom is -0.466 e. The van der Waals surface area contributed by atoms with Gasteiger partial charge in [-0.15, -0.1) is 5.10 Å². The molecule has 0 bridgehead atoms. The molecule has 0 amide bonds. The van der Waals surface area contributed by atoms with E-state index >= 15 is 0 Å². The van der Waals surface area contributed by atoms with Crippen LogP contribution in [0.25, 0.3) is 11.4 Å². The van der Waals surface area contributed by atoms with E-state index in [2.05, 4.69) is 10.1 Å². The third-order valence-electron chi connectivity index (χ3n) is 2.55. The Balaban J connectivity index is 2.49. The number of aromatic nitrogens is 3. The van der Waals surface area contributed by atoms with Crippen LogP contribution in [-0.4, -0.2) is 27.8 Å². The molecule has 0 spiro atoms. The van der Waals surface area contributed by atoms with E-state index in [1.807, 2.05) is 13.0 Å². The van der Waals surface area contributed by atoms with Crippen molar-refractivity contribution in [2.45, 2.75) is 19.8 Å². The molecule has 2 aromatic rings. The first-order valence-corrected chi connectivity index (χ1v) is 6.33. The number of methoxy groups -OCH3 is 1. The molecule has 0 unspecified atom stereocenters. The van der Waals surface area contributed by atoms with Gasteiger partial charge in [0, 0.05) is 17.0 Å².